The van der Waals surface area contributed by atoms with Gasteiger partial charge < -0.3 is 5.32 Å². The second-order valence-corrected chi connectivity index (χ2v) is 6.91. The molecular formula is C17H24Cl2N2O. The summed E-state index contributed by atoms with van der Waals surface area (Å²) in [6.45, 7) is 6.57. The lowest BCUT2D eigenvalue weighted by Crippen LogP contribution is -2.44. The van der Waals surface area contributed by atoms with Crippen LogP contribution in [0.1, 0.15) is 38.7 Å². The van der Waals surface area contributed by atoms with Crippen LogP contribution in [0.25, 0.3) is 0 Å². The molecule has 5 heteroatoms. The maximum atomic E-state index is 12.3. The highest BCUT2D eigenvalue weighted by Gasteiger charge is 2.27. The second kappa shape index (κ2) is 8.19. The Balaban J connectivity index is 1.97. The summed E-state index contributed by atoms with van der Waals surface area (Å²) >= 11 is 12.5. The van der Waals surface area contributed by atoms with Gasteiger partial charge in [-0.05, 0) is 44.9 Å². The number of nitrogens with one attached hydrogen (secondary N) is 1. The molecule has 1 heterocycles. The minimum atomic E-state index is 0.0593. The van der Waals surface area contributed by atoms with Crippen LogP contribution in [0, 0.1) is 5.92 Å². The highest BCUT2D eigenvalue weighted by atomic mass is 35.5. The van der Waals surface area contributed by atoms with Crippen LogP contribution >= 0.6 is 23.2 Å². The zero-order valence-corrected chi connectivity index (χ0v) is 14.8. The summed E-state index contributed by atoms with van der Waals surface area (Å²) in [6.07, 6.45) is 2.94. The van der Waals surface area contributed by atoms with Gasteiger partial charge in [0.1, 0.15) is 0 Å². The Labute approximate surface area is 143 Å². The first kappa shape index (κ1) is 17.6. The molecule has 1 aromatic carbocycles. The van der Waals surface area contributed by atoms with Crippen LogP contribution in [0.2, 0.25) is 10.0 Å². The zero-order valence-electron chi connectivity index (χ0n) is 13.2. The SMILES string of the molecule is CC[C@H](C)NC(=O)[C@@H]1CCCN(Cc2c(Cl)cccc2Cl)C1. The van der Waals surface area contributed by atoms with E-state index in [-0.39, 0.29) is 17.9 Å². The fourth-order valence-corrected chi connectivity index (χ4v) is 3.30. The van der Waals surface area contributed by atoms with Crippen molar-refractivity contribution in [2.24, 2.45) is 5.92 Å². The molecule has 3 nitrogen and oxygen atoms in total. The number of amides is 1. The molecule has 1 fully saturated rings. The van der Waals surface area contributed by atoms with E-state index in [9.17, 15) is 4.79 Å². The molecule has 1 N–H and O–H groups in total. The van der Waals surface area contributed by atoms with Crippen LogP contribution in [0.15, 0.2) is 18.2 Å². The lowest BCUT2D eigenvalue weighted by Gasteiger charge is -2.33. The van der Waals surface area contributed by atoms with Gasteiger partial charge in [-0.3, -0.25) is 9.69 Å². The number of halogens is 2. The molecule has 2 rings (SSSR count). The zero-order chi connectivity index (χ0) is 16.1. The quantitative estimate of drug-likeness (QED) is 0.872. The van der Waals surface area contributed by atoms with Crippen LogP contribution in [0.3, 0.4) is 0 Å². The second-order valence-electron chi connectivity index (χ2n) is 6.09. The fraction of sp³-hybridized carbons (Fsp3) is 0.588. The molecule has 1 amide bonds. The number of benzene rings is 1. The van der Waals surface area contributed by atoms with Crippen LogP contribution in [0.5, 0.6) is 0 Å². The largest absolute Gasteiger partial charge is 0.353 e. The van der Waals surface area contributed by atoms with E-state index in [0.717, 1.165) is 37.9 Å². The predicted octanol–water partition coefficient (Wildman–Crippen LogP) is 4.12. The summed E-state index contributed by atoms with van der Waals surface area (Å²) in [5.41, 5.74) is 0.953. The van der Waals surface area contributed by atoms with Gasteiger partial charge in [-0.1, -0.05) is 36.2 Å². The van der Waals surface area contributed by atoms with Crippen molar-refractivity contribution in [3.63, 3.8) is 0 Å². The van der Waals surface area contributed by atoms with Crippen molar-refractivity contribution in [1.29, 1.82) is 0 Å². The molecule has 0 saturated carbocycles. The smallest absolute Gasteiger partial charge is 0.224 e. The predicted molar refractivity (Wildman–Crippen MR) is 92.4 cm³/mol. The number of carbonyl (C=O) groups excluding carboxylic acids is 1. The van der Waals surface area contributed by atoms with E-state index < -0.39 is 0 Å². The number of nitrogens with zero attached hydrogens (tertiary/aromatic N) is 1. The summed E-state index contributed by atoms with van der Waals surface area (Å²) in [7, 11) is 0. The van der Waals surface area contributed by atoms with Gasteiger partial charge in [0.25, 0.3) is 0 Å². The standard InChI is InChI=1S/C17H24Cl2N2O/c1-3-12(2)20-17(22)13-6-5-9-21(10-13)11-14-15(18)7-4-8-16(14)19/h4,7-8,12-13H,3,5-6,9-11H2,1-2H3,(H,20,22)/t12-,13+/m0/s1. The summed E-state index contributed by atoms with van der Waals surface area (Å²) in [6, 6.07) is 5.81. The Morgan fingerprint density at radius 2 is 2.09 bits per heavy atom. The summed E-state index contributed by atoms with van der Waals surface area (Å²) < 4.78 is 0. The van der Waals surface area contributed by atoms with Crippen molar-refractivity contribution in [2.45, 2.75) is 45.7 Å². The Morgan fingerprint density at radius 1 is 1.41 bits per heavy atom. The molecule has 2 atom stereocenters. The number of hydrogen-bond acceptors (Lipinski definition) is 2. The normalized spacial score (nSPS) is 20.6. The minimum Gasteiger partial charge on any atom is -0.353 e. The topological polar surface area (TPSA) is 32.3 Å². The first-order valence-corrected chi connectivity index (χ1v) is 8.72. The summed E-state index contributed by atoms with van der Waals surface area (Å²) in [4.78, 5) is 14.6. The van der Waals surface area contributed by atoms with Gasteiger partial charge in [-0.2, -0.15) is 0 Å². The Hall–Kier alpha value is -0.770. The van der Waals surface area contributed by atoms with E-state index in [1.807, 2.05) is 25.1 Å². The van der Waals surface area contributed by atoms with Gasteiger partial charge in [-0.15, -0.1) is 0 Å². The molecule has 1 saturated heterocycles. The maximum Gasteiger partial charge on any atom is 0.224 e. The maximum absolute atomic E-state index is 12.3. The molecule has 0 aliphatic carbocycles. The van der Waals surface area contributed by atoms with Crippen molar-refractivity contribution < 1.29 is 4.79 Å². The van der Waals surface area contributed by atoms with Crippen LogP contribution < -0.4 is 5.32 Å². The van der Waals surface area contributed by atoms with E-state index in [0.29, 0.717) is 16.6 Å². The van der Waals surface area contributed by atoms with Crippen molar-refractivity contribution in [2.75, 3.05) is 13.1 Å². The lowest BCUT2D eigenvalue weighted by atomic mass is 9.96. The molecule has 1 aliphatic heterocycles. The third-order valence-electron chi connectivity index (χ3n) is 4.32. The number of hydrogen-bond donors (Lipinski definition) is 1. The molecule has 1 aromatic rings. The van der Waals surface area contributed by atoms with Crippen molar-refractivity contribution in [1.82, 2.24) is 10.2 Å². The Bertz CT molecular complexity index is 501. The van der Waals surface area contributed by atoms with Crippen molar-refractivity contribution in [3.05, 3.63) is 33.8 Å². The fourth-order valence-electron chi connectivity index (χ4n) is 2.78. The molecule has 0 radical (unpaired) electrons. The van der Waals surface area contributed by atoms with E-state index >= 15 is 0 Å². The minimum absolute atomic E-state index is 0.0593. The average Bonchev–Trinajstić information content (AvgIpc) is 2.51. The highest BCUT2D eigenvalue weighted by Crippen LogP contribution is 2.27. The summed E-state index contributed by atoms with van der Waals surface area (Å²) in [5, 5.41) is 4.48. The molecule has 0 spiro atoms. The number of carbonyl (C=O) groups is 1. The van der Waals surface area contributed by atoms with Gasteiger partial charge in [0.15, 0.2) is 0 Å². The average molecular weight is 343 g/mol. The van der Waals surface area contributed by atoms with Crippen LogP contribution in [0.4, 0.5) is 0 Å². The van der Waals surface area contributed by atoms with Crippen molar-refractivity contribution >= 4 is 29.1 Å². The Kier molecular flexibility index (Phi) is 6.54. The Morgan fingerprint density at radius 3 is 2.73 bits per heavy atom. The summed E-state index contributed by atoms with van der Waals surface area (Å²) in [5.74, 6) is 0.230. The molecule has 0 bridgehead atoms. The number of rotatable bonds is 5. The van der Waals surface area contributed by atoms with Crippen LogP contribution in [-0.4, -0.2) is 29.9 Å². The highest BCUT2D eigenvalue weighted by molar-refractivity contribution is 6.35. The van der Waals surface area contributed by atoms with Gasteiger partial charge in [0, 0.05) is 34.7 Å². The monoisotopic (exact) mass is 342 g/mol. The number of piperidine rings is 1. The third-order valence-corrected chi connectivity index (χ3v) is 5.03. The molecule has 1 aliphatic rings. The van der Waals surface area contributed by atoms with E-state index in [4.69, 9.17) is 23.2 Å². The lowest BCUT2D eigenvalue weighted by molar-refractivity contribution is -0.127. The van der Waals surface area contributed by atoms with E-state index in [1.165, 1.54) is 0 Å². The third kappa shape index (κ3) is 4.61. The van der Waals surface area contributed by atoms with E-state index in [2.05, 4.69) is 17.1 Å². The number of likely N-dealkylation sites (tertiary alicyclic amines) is 1. The molecule has 22 heavy (non-hydrogen) atoms. The first-order chi connectivity index (χ1) is 10.5. The van der Waals surface area contributed by atoms with Crippen molar-refractivity contribution in [3.8, 4) is 0 Å². The van der Waals surface area contributed by atoms with Gasteiger partial charge in [0.05, 0.1) is 5.92 Å². The molecule has 0 unspecified atom stereocenters. The van der Waals surface area contributed by atoms with Gasteiger partial charge >= 0.3 is 0 Å². The van der Waals surface area contributed by atoms with Crippen LogP contribution in [-0.2, 0) is 11.3 Å². The molecular weight excluding hydrogens is 319 g/mol. The molecule has 0 aromatic heterocycles. The first-order valence-electron chi connectivity index (χ1n) is 7.96. The van der Waals surface area contributed by atoms with Gasteiger partial charge in [0.2, 0.25) is 5.91 Å². The molecule has 122 valence electrons. The van der Waals surface area contributed by atoms with E-state index in [1.54, 1.807) is 0 Å². The van der Waals surface area contributed by atoms with Gasteiger partial charge in [-0.25, -0.2) is 0 Å².